The Labute approximate surface area is 139 Å². The summed E-state index contributed by atoms with van der Waals surface area (Å²) in [5.41, 5.74) is 0.965. The van der Waals surface area contributed by atoms with Crippen molar-refractivity contribution >= 4 is 21.7 Å². The predicted octanol–water partition coefficient (Wildman–Crippen LogP) is 1.83. The minimum Gasteiger partial charge on any atom is -0.343 e. The number of anilines is 1. The summed E-state index contributed by atoms with van der Waals surface area (Å²) < 4.78 is 25.0. The van der Waals surface area contributed by atoms with Crippen molar-refractivity contribution in [3.05, 3.63) is 30.3 Å². The molecule has 1 fully saturated rings. The van der Waals surface area contributed by atoms with E-state index in [0.29, 0.717) is 0 Å². The number of sulfonamides is 1. The lowest BCUT2D eigenvalue weighted by Crippen LogP contribution is -2.40. The first-order valence-corrected chi connectivity index (χ1v) is 9.61. The van der Waals surface area contributed by atoms with Gasteiger partial charge in [0.05, 0.1) is 12.3 Å². The van der Waals surface area contributed by atoms with Gasteiger partial charge in [-0.05, 0) is 31.4 Å². The maximum Gasteiger partial charge on any atom is 0.215 e. The van der Waals surface area contributed by atoms with Crippen molar-refractivity contribution in [2.75, 3.05) is 44.8 Å². The fourth-order valence-electron chi connectivity index (χ4n) is 2.42. The second kappa shape index (κ2) is 8.31. The Kier molecular flexibility index (Phi) is 6.41. The van der Waals surface area contributed by atoms with Crippen LogP contribution in [0.4, 0.5) is 5.69 Å². The second-order valence-electron chi connectivity index (χ2n) is 5.84. The number of nitrogens with zero attached hydrogens (tertiary/aromatic N) is 3. The molecule has 23 heavy (non-hydrogen) atoms. The first-order chi connectivity index (χ1) is 11.0. The maximum atomic E-state index is 11.9. The number of benzene rings is 1. The van der Waals surface area contributed by atoms with Crippen LogP contribution in [-0.2, 0) is 10.0 Å². The first-order valence-electron chi connectivity index (χ1n) is 8.01. The zero-order chi connectivity index (χ0) is 16.7. The van der Waals surface area contributed by atoms with Crippen molar-refractivity contribution in [2.24, 2.45) is 4.99 Å². The molecule has 0 radical (unpaired) electrons. The molecule has 2 rings (SSSR count). The van der Waals surface area contributed by atoms with Crippen LogP contribution in [0.5, 0.6) is 0 Å². The van der Waals surface area contributed by atoms with Gasteiger partial charge in [-0.1, -0.05) is 18.2 Å². The summed E-state index contributed by atoms with van der Waals surface area (Å²) in [5.74, 6) is 0.790. The molecular formula is C16H26N4O2S. The molecule has 0 unspecified atom stereocenters. The van der Waals surface area contributed by atoms with Crippen LogP contribution < -0.4 is 5.32 Å². The van der Waals surface area contributed by atoms with Crippen LogP contribution in [-0.4, -0.2) is 63.1 Å². The van der Waals surface area contributed by atoms with Crippen LogP contribution in [0.25, 0.3) is 0 Å². The fraction of sp³-hybridized carbons (Fsp3) is 0.562. The minimum absolute atomic E-state index is 0.0216. The number of hydrogen-bond acceptors (Lipinski definition) is 3. The summed E-state index contributed by atoms with van der Waals surface area (Å²) in [4.78, 5) is 6.74. The summed E-state index contributed by atoms with van der Waals surface area (Å²) in [6.07, 6.45) is 3.53. The van der Waals surface area contributed by atoms with Crippen LogP contribution in [0, 0.1) is 0 Å². The normalized spacial score (nSPS) is 16.7. The Morgan fingerprint density at radius 2 is 1.83 bits per heavy atom. The van der Waals surface area contributed by atoms with Crippen LogP contribution in [0.3, 0.4) is 0 Å². The third-order valence-electron chi connectivity index (χ3n) is 3.85. The Hall–Kier alpha value is -1.60. The number of rotatable bonds is 5. The first kappa shape index (κ1) is 17.7. The van der Waals surface area contributed by atoms with Gasteiger partial charge in [0, 0.05) is 32.9 Å². The molecule has 0 atom stereocenters. The molecular weight excluding hydrogens is 312 g/mol. The van der Waals surface area contributed by atoms with E-state index < -0.39 is 10.0 Å². The molecule has 1 aromatic rings. The average molecular weight is 338 g/mol. The van der Waals surface area contributed by atoms with E-state index >= 15 is 0 Å². The van der Waals surface area contributed by atoms with Crippen molar-refractivity contribution in [3.8, 4) is 0 Å². The van der Waals surface area contributed by atoms with E-state index in [2.05, 4.69) is 15.2 Å². The third-order valence-corrected chi connectivity index (χ3v) is 5.66. The fourth-order valence-corrected chi connectivity index (χ4v) is 3.11. The van der Waals surface area contributed by atoms with Gasteiger partial charge in [-0.15, -0.1) is 0 Å². The van der Waals surface area contributed by atoms with E-state index in [1.807, 2.05) is 30.3 Å². The van der Waals surface area contributed by atoms with E-state index in [9.17, 15) is 8.42 Å². The van der Waals surface area contributed by atoms with Crippen molar-refractivity contribution in [1.82, 2.24) is 9.21 Å². The van der Waals surface area contributed by atoms with Gasteiger partial charge >= 0.3 is 0 Å². The lowest BCUT2D eigenvalue weighted by Gasteiger charge is -2.30. The van der Waals surface area contributed by atoms with Crippen molar-refractivity contribution < 1.29 is 8.42 Å². The van der Waals surface area contributed by atoms with Crippen molar-refractivity contribution in [1.29, 1.82) is 0 Å². The van der Waals surface area contributed by atoms with Gasteiger partial charge in [-0.25, -0.2) is 12.7 Å². The molecule has 128 valence electrons. The molecule has 1 aliphatic heterocycles. The van der Waals surface area contributed by atoms with Gasteiger partial charge in [0.25, 0.3) is 0 Å². The van der Waals surface area contributed by atoms with E-state index in [1.54, 1.807) is 14.1 Å². The molecule has 1 heterocycles. The Morgan fingerprint density at radius 3 is 2.43 bits per heavy atom. The summed E-state index contributed by atoms with van der Waals surface area (Å²) >= 11 is 0. The number of piperidine rings is 1. The molecule has 0 bridgehead atoms. The summed E-state index contributed by atoms with van der Waals surface area (Å²) in [5, 5.41) is 3.33. The highest BCUT2D eigenvalue weighted by atomic mass is 32.2. The minimum atomic E-state index is -3.22. The Bertz CT molecular complexity index is 608. The molecule has 0 spiro atoms. The van der Waals surface area contributed by atoms with Gasteiger partial charge in [-0.2, -0.15) is 0 Å². The highest BCUT2D eigenvalue weighted by molar-refractivity contribution is 7.89. The molecule has 0 saturated carbocycles. The van der Waals surface area contributed by atoms with Gasteiger partial charge in [-0.3, -0.25) is 4.99 Å². The third kappa shape index (κ3) is 5.51. The Morgan fingerprint density at radius 1 is 1.17 bits per heavy atom. The summed E-state index contributed by atoms with van der Waals surface area (Å²) in [6, 6.07) is 9.86. The summed E-state index contributed by atoms with van der Waals surface area (Å²) in [7, 11) is -0.121. The quantitative estimate of drug-likeness (QED) is 0.657. The van der Waals surface area contributed by atoms with Crippen LogP contribution in [0.15, 0.2) is 35.3 Å². The molecule has 1 aliphatic rings. The zero-order valence-electron chi connectivity index (χ0n) is 13.9. The van der Waals surface area contributed by atoms with E-state index in [4.69, 9.17) is 0 Å². The van der Waals surface area contributed by atoms with Crippen molar-refractivity contribution in [3.63, 3.8) is 0 Å². The average Bonchev–Trinajstić information content (AvgIpc) is 2.55. The van der Waals surface area contributed by atoms with Gasteiger partial charge in [0.15, 0.2) is 5.96 Å². The largest absolute Gasteiger partial charge is 0.343 e. The van der Waals surface area contributed by atoms with Crippen LogP contribution in [0.1, 0.15) is 19.3 Å². The smallest absolute Gasteiger partial charge is 0.215 e. The topological polar surface area (TPSA) is 65.0 Å². The zero-order valence-corrected chi connectivity index (χ0v) is 14.7. The number of nitrogens with one attached hydrogen (secondary N) is 1. The van der Waals surface area contributed by atoms with Crippen LogP contribution >= 0.6 is 0 Å². The van der Waals surface area contributed by atoms with Gasteiger partial charge < -0.3 is 10.2 Å². The van der Waals surface area contributed by atoms with Gasteiger partial charge in [0.1, 0.15) is 0 Å². The predicted molar refractivity (Wildman–Crippen MR) is 95.3 cm³/mol. The molecule has 0 aromatic heterocycles. The van der Waals surface area contributed by atoms with Gasteiger partial charge in [0.2, 0.25) is 10.0 Å². The monoisotopic (exact) mass is 338 g/mol. The molecule has 0 amide bonds. The SMILES string of the molecule is CN(C)S(=O)(=O)CCN=C(Nc1ccccc1)N1CCCCC1. The molecule has 7 heteroatoms. The number of hydrogen-bond donors (Lipinski definition) is 1. The number of likely N-dealkylation sites (tertiary alicyclic amines) is 1. The molecule has 1 aromatic carbocycles. The highest BCUT2D eigenvalue weighted by Crippen LogP contribution is 2.12. The summed E-state index contributed by atoms with van der Waals surface area (Å²) in [6.45, 7) is 2.17. The number of guanidine groups is 1. The lowest BCUT2D eigenvalue weighted by atomic mass is 10.1. The molecule has 1 saturated heterocycles. The standard InChI is InChI=1S/C16H26N4O2S/c1-19(2)23(21,22)14-11-17-16(20-12-7-4-8-13-20)18-15-9-5-3-6-10-15/h3,5-6,9-10H,4,7-8,11-14H2,1-2H3,(H,17,18). The van der Waals surface area contributed by atoms with Crippen molar-refractivity contribution in [2.45, 2.75) is 19.3 Å². The lowest BCUT2D eigenvalue weighted by molar-refractivity contribution is 0.340. The van der Waals surface area contributed by atoms with E-state index in [-0.39, 0.29) is 12.3 Å². The van der Waals surface area contributed by atoms with E-state index in [0.717, 1.165) is 37.6 Å². The maximum absolute atomic E-state index is 11.9. The Balaban J connectivity index is 2.07. The highest BCUT2D eigenvalue weighted by Gasteiger charge is 2.17. The molecule has 6 nitrogen and oxygen atoms in total. The number of para-hydroxylation sites is 1. The van der Waals surface area contributed by atoms with Crippen LogP contribution in [0.2, 0.25) is 0 Å². The molecule has 0 aliphatic carbocycles. The second-order valence-corrected chi connectivity index (χ2v) is 8.14. The number of aliphatic imine (C=N–C) groups is 1. The molecule has 1 N–H and O–H groups in total. The van der Waals surface area contributed by atoms with E-state index in [1.165, 1.54) is 10.7 Å².